The Hall–Kier alpha value is -3.14. The number of rotatable bonds is 5. The second-order valence-electron chi connectivity index (χ2n) is 4.84. The van der Waals surface area contributed by atoms with Crippen LogP contribution in [0.2, 0.25) is 0 Å². The van der Waals surface area contributed by atoms with Crippen molar-refractivity contribution in [2.24, 2.45) is 0 Å². The first kappa shape index (κ1) is 14.8. The third kappa shape index (κ3) is 3.37. The van der Waals surface area contributed by atoms with E-state index in [1.165, 1.54) is 0 Å². The summed E-state index contributed by atoms with van der Waals surface area (Å²) in [6, 6.07) is 19.2. The molecule has 3 rings (SSSR count). The normalized spacial score (nSPS) is 10.3. The van der Waals surface area contributed by atoms with Crippen LogP contribution in [0.5, 0.6) is 0 Å². The summed E-state index contributed by atoms with van der Waals surface area (Å²) in [5.41, 5.74) is 2.32. The predicted molar refractivity (Wildman–Crippen MR) is 87.4 cm³/mol. The van der Waals surface area contributed by atoms with Crippen molar-refractivity contribution in [1.29, 1.82) is 0 Å². The lowest BCUT2D eigenvalue weighted by Crippen LogP contribution is -2.01. The minimum Gasteiger partial charge on any atom is -0.456 e. The predicted octanol–water partition coefficient (Wildman–Crippen LogP) is 4.24. The highest BCUT2D eigenvalue weighted by Gasteiger charge is 2.17. The number of carbonyl (C=O) groups is 1. The zero-order valence-corrected chi connectivity index (χ0v) is 12.4. The van der Waals surface area contributed by atoms with E-state index >= 15 is 0 Å². The van der Waals surface area contributed by atoms with Gasteiger partial charge in [-0.2, -0.15) is 0 Å². The van der Waals surface area contributed by atoms with E-state index < -0.39 is 5.97 Å². The van der Waals surface area contributed by atoms with Crippen molar-refractivity contribution in [2.45, 2.75) is 6.61 Å². The monoisotopic (exact) mass is 305 g/mol. The van der Waals surface area contributed by atoms with E-state index in [0.29, 0.717) is 17.3 Å². The van der Waals surface area contributed by atoms with Gasteiger partial charge in [-0.15, -0.1) is 0 Å². The molecule has 0 N–H and O–H groups in total. The summed E-state index contributed by atoms with van der Waals surface area (Å²) in [5, 5.41) is 0. The highest BCUT2D eigenvalue weighted by Crippen LogP contribution is 2.30. The molecule has 0 unspecified atom stereocenters. The first-order valence-corrected chi connectivity index (χ1v) is 7.17. The van der Waals surface area contributed by atoms with Crippen molar-refractivity contribution in [2.75, 3.05) is 0 Å². The fraction of sp³-hybridized carbons (Fsp3) is 0.0526. The van der Waals surface area contributed by atoms with Crippen LogP contribution in [0.4, 0.5) is 0 Å². The average Bonchev–Trinajstić information content (AvgIpc) is 3.05. The molecule has 0 saturated heterocycles. The van der Waals surface area contributed by atoms with E-state index in [-0.39, 0.29) is 6.61 Å². The first-order valence-electron chi connectivity index (χ1n) is 7.17. The molecule has 0 amide bonds. The molecule has 0 aliphatic carbocycles. The van der Waals surface area contributed by atoms with E-state index in [1.54, 1.807) is 0 Å². The molecule has 0 aliphatic rings. The lowest BCUT2D eigenvalue weighted by molar-refractivity contribution is -0.139. The summed E-state index contributed by atoms with van der Waals surface area (Å²) in [4.78, 5) is 15.8. The van der Waals surface area contributed by atoms with Gasteiger partial charge in [-0.25, -0.2) is 9.78 Å². The minimum atomic E-state index is -0.492. The van der Waals surface area contributed by atoms with E-state index in [0.717, 1.165) is 17.2 Å². The van der Waals surface area contributed by atoms with Crippen molar-refractivity contribution in [3.8, 4) is 22.8 Å². The van der Waals surface area contributed by atoms with E-state index in [4.69, 9.17) is 9.15 Å². The van der Waals surface area contributed by atoms with Crippen LogP contribution in [-0.4, -0.2) is 11.0 Å². The highest BCUT2D eigenvalue weighted by molar-refractivity contribution is 5.81. The van der Waals surface area contributed by atoms with Gasteiger partial charge < -0.3 is 9.15 Å². The molecule has 0 atom stereocenters. The Labute approximate surface area is 134 Å². The summed E-state index contributed by atoms with van der Waals surface area (Å²) in [7, 11) is 0. The number of oxazole rings is 1. The lowest BCUT2D eigenvalue weighted by atomic mass is 10.1. The molecule has 1 aromatic heterocycles. The van der Waals surface area contributed by atoms with Crippen LogP contribution in [0.15, 0.2) is 77.7 Å². The van der Waals surface area contributed by atoms with Crippen molar-refractivity contribution in [3.63, 3.8) is 0 Å². The molecule has 114 valence electrons. The van der Waals surface area contributed by atoms with E-state index in [1.807, 2.05) is 60.7 Å². The maximum atomic E-state index is 11.3. The number of ether oxygens (including phenoxy) is 1. The Kier molecular flexibility index (Phi) is 4.34. The zero-order valence-electron chi connectivity index (χ0n) is 12.4. The lowest BCUT2D eigenvalue weighted by Gasteiger charge is -2.01. The second kappa shape index (κ2) is 6.75. The number of hydrogen-bond acceptors (Lipinski definition) is 4. The summed E-state index contributed by atoms with van der Waals surface area (Å²) >= 11 is 0. The van der Waals surface area contributed by atoms with Gasteiger partial charge in [0.1, 0.15) is 12.3 Å². The molecular weight excluding hydrogens is 290 g/mol. The molecule has 0 bridgehead atoms. The van der Waals surface area contributed by atoms with Crippen LogP contribution in [0.1, 0.15) is 5.69 Å². The molecule has 23 heavy (non-hydrogen) atoms. The summed E-state index contributed by atoms with van der Waals surface area (Å²) in [5.74, 6) is 0.601. The summed E-state index contributed by atoms with van der Waals surface area (Å²) in [6.07, 6.45) is 1.13. The summed E-state index contributed by atoms with van der Waals surface area (Å²) < 4.78 is 11.0. The van der Waals surface area contributed by atoms with Crippen LogP contribution < -0.4 is 0 Å². The van der Waals surface area contributed by atoms with Gasteiger partial charge in [0.2, 0.25) is 5.89 Å². The van der Waals surface area contributed by atoms with Crippen LogP contribution in [0.25, 0.3) is 22.8 Å². The number of hydrogen-bond donors (Lipinski definition) is 0. The fourth-order valence-electron chi connectivity index (χ4n) is 2.17. The topological polar surface area (TPSA) is 52.3 Å². The molecule has 0 spiro atoms. The number of aromatic nitrogens is 1. The van der Waals surface area contributed by atoms with Crippen molar-refractivity contribution in [1.82, 2.24) is 4.98 Å². The largest absolute Gasteiger partial charge is 0.456 e. The molecule has 4 nitrogen and oxygen atoms in total. The fourth-order valence-corrected chi connectivity index (χ4v) is 2.17. The molecule has 2 aromatic carbocycles. The molecule has 0 radical (unpaired) electrons. The van der Waals surface area contributed by atoms with Gasteiger partial charge in [0.15, 0.2) is 5.76 Å². The van der Waals surface area contributed by atoms with Gasteiger partial charge in [0, 0.05) is 17.2 Å². The molecule has 0 aliphatic heterocycles. The van der Waals surface area contributed by atoms with Gasteiger partial charge >= 0.3 is 5.97 Å². The molecular formula is C19H15NO3. The Morgan fingerprint density at radius 1 is 1.04 bits per heavy atom. The third-order valence-corrected chi connectivity index (χ3v) is 3.27. The number of carbonyl (C=O) groups excluding carboxylic acids is 1. The average molecular weight is 305 g/mol. The first-order chi connectivity index (χ1) is 11.3. The Morgan fingerprint density at radius 3 is 2.26 bits per heavy atom. The Bertz CT molecular complexity index is 807. The number of nitrogens with zero attached hydrogens (tertiary/aromatic N) is 1. The summed E-state index contributed by atoms with van der Waals surface area (Å²) in [6.45, 7) is 3.42. The second-order valence-corrected chi connectivity index (χ2v) is 4.84. The van der Waals surface area contributed by atoms with E-state index in [9.17, 15) is 4.79 Å². The smallest absolute Gasteiger partial charge is 0.330 e. The highest BCUT2D eigenvalue weighted by atomic mass is 16.5. The number of esters is 1. The van der Waals surface area contributed by atoms with Gasteiger partial charge in [-0.05, 0) is 12.1 Å². The van der Waals surface area contributed by atoms with Crippen molar-refractivity contribution < 1.29 is 13.9 Å². The van der Waals surface area contributed by atoms with E-state index in [2.05, 4.69) is 11.6 Å². The number of benzene rings is 2. The van der Waals surface area contributed by atoms with Crippen LogP contribution >= 0.6 is 0 Å². The van der Waals surface area contributed by atoms with Crippen LogP contribution in [0.3, 0.4) is 0 Å². The van der Waals surface area contributed by atoms with Crippen LogP contribution in [-0.2, 0) is 16.1 Å². The SMILES string of the molecule is C=CC(=O)OCc1nc(-c2ccccc2)oc1-c1ccccc1. The minimum absolute atomic E-state index is 0.0331. The maximum absolute atomic E-state index is 11.3. The zero-order chi connectivity index (χ0) is 16.1. The van der Waals surface area contributed by atoms with Crippen molar-refractivity contribution in [3.05, 3.63) is 79.0 Å². The van der Waals surface area contributed by atoms with Gasteiger partial charge in [0.05, 0.1) is 0 Å². The maximum Gasteiger partial charge on any atom is 0.330 e. The molecule has 0 saturated carbocycles. The third-order valence-electron chi connectivity index (χ3n) is 3.27. The quantitative estimate of drug-likeness (QED) is 0.522. The Balaban J connectivity index is 2.00. The van der Waals surface area contributed by atoms with Gasteiger partial charge in [0.25, 0.3) is 0 Å². The van der Waals surface area contributed by atoms with Gasteiger partial charge in [-0.3, -0.25) is 0 Å². The molecule has 0 fully saturated rings. The standard InChI is InChI=1S/C19H15NO3/c1-2-17(21)22-13-16-18(14-9-5-3-6-10-14)23-19(20-16)15-11-7-4-8-12-15/h2-12H,1,13H2. The van der Waals surface area contributed by atoms with Crippen LogP contribution in [0, 0.1) is 0 Å². The molecule has 1 heterocycles. The Morgan fingerprint density at radius 2 is 1.65 bits per heavy atom. The molecule has 3 aromatic rings. The molecule has 4 heteroatoms. The van der Waals surface area contributed by atoms with Gasteiger partial charge in [-0.1, -0.05) is 55.1 Å². The van der Waals surface area contributed by atoms with Crippen molar-refractivity contribution >= 4 is 5.97 Å².